The number of fused-ring (bicyclic) bond motifs is 2. The topological polar surface area (TPSA) is 49.3 Å². The first-order valence-electron chi connectivity index (χ1n) is 11.3. The normalized spacial score (nSPS) is 30.6. The number of piperazine rings is 1. The largest absolute Gasteiger partial charge is 0.497 e. The summed E-state index contributed by atoms with van der Waals surface area (Å²) in [4.78, 5) is 9.80. The molecule has 4 aliphatic rings. The number of aliphatic imine (C=N–C) groups is 1. The monoisotopic (exact) mass is 398 g/mol. The number of hydrogen-bond acceptors (Lipinski definition) is 4. The maximum absolute atomic E-state index is 6.10. The summed E-state index contributed by atoms with van der Waals surface area (Å²) in [6.45, 7) is 7.94. The zero-order chi connectivity index (χ0) is 19.8. The van der Waals surface area contributed by atoms with E-state index in [1.165, 1.54) is 31.4 Å². The molecule has 2 heterocycles. The van der Waals surface area contributed by atoms with E-state index in [2.05, 4.69) is 34.2 Å². The van der Waals surface area contributed by atoms with Crippen LogP contribution in [0.5, 0.6) is 5.75 Å². The molecule has 0 radical (unpaired) electrons. The molecule has 6 nitrogen and oxygen atoms in total. The van der Waals surface area contributed by atoms with Crippen LogP contribution >= 0.6 is 0 Å². The number of ether oxygens (including phenoxy) is 2. The number of guanidine groups is 1. The van der Waals surface area contributed by atoms with Crippen molar-refractivity contribution in [1.82, 2.24) is 10.2 Å². The first-order valence-corrected chi connectivity index (χ1v) is 11.3. The van der Waals surface area contributed by atoms with Crippen molar-refractivity contribution in [1.29, 1.82) is 0 Å². The summed E-state index contributed by atoms with van der Waals surface area (Å²) in [5.74, 6) is 2.70. The van der Waals surface area contributed by atoms with Crippen LogP contribution in [-0.4, -0.2) is 69.4 Å². The maximum atomic E-state index is 6.10. The summed E-state index contributed by atoms with van der Waals surface area (Å²) >= 11 is 0. The Bertz CT molecular complexity index is 738. The molecule has 1 N–H and O–H groups in total. The molecule has 0 amide bonds. The van der Waals surface area contributed by atoms with Crippen molar-refractivity contribution in [2.75, 3.05) is 51.3 Å². The molecule has 2 aliphatic heterocycles. The van der Waals surface area contributed by atoms with Crippen molar-refractivity contribution in [3.8, 4) is 5.75 Å². The lowest BCUT2D eigenvalue weighted by molar-refractivity contribution is -0.171. The van der Waals surface area contributed by atoms with E-state index in [0.29, 0.717) is 23.5 Å². The van der Waals surface area contributed by atoms with Crippen molar-refractivity contribution in [2.24, 2.45) is 16.3 Å². The fraction of sp³-hybridized carbons (Fsp3) is 0.696. The lowest BCUT2D eigenvalue weighted by atomic mass is 9.46. The van der Waals surface area contributed by atoms with Crippen molar-refractivity contribution in [2.45, 2.75) is 44.8 Å². The Morgan fingerprint density at radius 2 is 1.97 bits per heavy atom. The van der Waals surface area contributed by atoms with E-state index < -0.39 is 0 Å². The van der Waals surface area contributed by atoms with Gasteiger partial charge in [-0.05, 0) is 50.5 Å². The molecule has 6 heteroatoms. The number of hydrogen-bond donors (Lipinski definition) is 1. The Morgan fingerprint density at radius 3 is 2.59 bits per heavy atom. The predicted molar refractivity (Wildman–Crippen MR) is 116 cm³/mol. The number of rotatable bonds is 4. The van der Waals surface area contributed by atoms with E-state index in [-0.39, 0.29) is 0 Å². The minimum absolute atomic E-state index is 0.389. The molecule has 0 bridgehead atoms. The Kier molecular flexibility index (Phi) is 5.06. The van der Waals surface area contributed by atoms with Gasteiger partial charge in [0.2, 0.25) is 0 Å². The number of nitrogens with zero attached hydrogens (tertiary/aromatic N) is 3. The van der Waals surface area contributed by atoms with Crippen LogP contribution in [0.15, 0.2) is 29.3 Å². The van der Waals surface area contributed by atoms with Crippen LogP contribution in [0.3, 0.4) is 0 Å². The van der Waals surface area contributed by atoms with Crippen molar-refractivity contribution in [3.05, 3.63) is 24.3 Å². The standard InChI is InChI=1S/C23H34N4O2/c1-3-24-22(25-20-19-9-16-29-21(19)23(20)10-4-11-23)27-14-12-26(13-15-27)17-5-7-18(28-2)8-6-17/h5-8,19-21H,3-4,9-16H2,1-2H3,(H,24,25). The lowest BCUT2D eigenvalue weighted by Gasteiger charge is -2.63. The highest BCUT2D eigenvalue weighted by Crippen LogP contribution is 2.62. The van der Waals surface area contributed by atoms with Gasteiger partial charge in [-0.1, -0.05) is 6.42 Å². The Labute approximate surface area is 174 Å². The summed E-state index contributed by atoms with van der Waals surface area (Å²) in [6, 6.07) is 8.95. The highest BCUT2D eigenvalue weighted by molar-refractivity contribution is 5.81. The van der Waals surface area contributed by atoms with Crippen LogP contribution in [0, 0.1) is 11.3 Å². The van der Waals surface area contributed by atoms with Gasteiger partial charge in [0.25, 0.3) is 0 Å². The summed E-state index contributed by atoms with van der Waals surface area (Å²) in [5, 5.41) is 3.92. The van der Waals surface area contributed by atoms with E-state index in [1.807, 2.05) is 12.1 Å². The fourth-order valence-electron chi connectivity index (χ4n) is 5.95. The Balaban J connectivity index is 1.23. The van der Waals surface area contributed by atoms with E-state index in [0.717, 1.165) is 51.0 Å². The quantitative estimate of drug-likeness (QED) is 0.624. The molecule has 1 aromatic rings. The SMILES string of the molecule is CCN=C(NC1C2CCOC2C12CCC2)N1CCN(c2ccc(OC)cc2)CC1. The average Bonchev–Trinajstić information content (AvgIpc) is 3.15. The summed E-state index contributed by atoms with van der Waals surface area (Å²) in [7, 11) is 1.71. The van der Waals surface area contributed by atoms with Crippen LogP contribution in [0.1, 0.15) is 32.6 Å². The molecule has 3 atom stereocenters. The summed E-state index contributed by atoms with van der Waals surface area (Å²) in [5.41, 5.74) is 1.66. The van der Waals surface area contributed by atoms with Crippen LogP contribution in [0.2, 0.25) is 0 Å². The number of methoxy groups -OCH3 is 1. The van der Waals surface area contributed by atoms with Gasteiger partial charge >= 0.3 is 0 Å². The second-order valence-corrected chi connectivity index (χ2v) is 8.92. The van der Waals surface area contributed by atoms with Gasteiger partial charge in [0.15, 0.2) is 5.96 Å². The van der Waals surface area contributed by atoms with Crippen LogP contribution in [0.25, 0.3) is 0 Å². The fourth-order valence-corrected chi connectivity index (χ4v) is 5.95. The highest BCUT2D eigenvalue weighted by Gasteiger charge is 2.66. The molecule has 3 unspecified atom stereocenters. The smallest absolute Gasteiger partial charge is 0.194 e. The van der Waals surface area contributed by atoms with Crippen molar-refractivity contribution in [3.63, 3.8) is 0 Å². The Hall–Kier alpha value is -1.95. The van der Waals surface area contributed by atoms with Gasteiger partial charge in [-0.3, -0.25) is 4.99 Å². The molecule has 4 fully saturated rings. The number of benzene rings is 1. The van der Waals surface area contributed by atoms with Crippen molar-refractivity contribution < 1.29 is 9.47 Å². The highest BCUT2D eigenvalue weighted by atomic mass is 16.5. The zero-order valence-electron chi connectivity index (χ0n) is 17.8. The lowest BCUT2D eigenvalue weighted by Crippen LogP contribution is -2.73. The second-order valence-electron chi connectivity index (χ2n) is 8.92. The molecular formula is C23H34N4O2. The number of anilines is 1. The molecule has 5 rings (SSSR count). The third-order valence-electron chi connectivity index (χ3n) is 7.65. The first-order chi connectivity index (χ1) is 14.2. The minimum Gasteiger partial charge on any atom is -0.497 e. The van der Waals surface area contributed by atoms with Crippen LogP contribution in [0.4, 0.5) is 5.69 Å². The summed E-state index contributed by atoms with van der Waals surface area (Å²) < 4.78 is 11.4. The first kappa shape index (κ1) is 19.0. The van der Waals surface area contributed by atoms with Crippen molar-refractivity contribution >= 4 is 11.6 Å². The third-order valence-corrected chi connectivity index (χ3v) is 7.65. The van der Waals surface area contributed by atoms with Gasteiger partial charge in [-0.2, -0.15) is 0 Å². The van der Waals surface area contributed by atoms with Gasteiger partial charge in [-0.15, -0.1) is 0 Å². The molecule has 2 saturated carbocycles. The van der Waals surface area contributed by atoms with E-state index in [9.17, 15) is 0 Å². The van der Waals surface area contributed by atoms with E-state index in [1.54, 1.807) is 7.11 Å². The van der Waals surface area contributed by atoms with Gasteiger partial charge in [-0.25, -0.2) is 0 Å². The van der Waals surface area contributed by atoms with Gasteiger partial charge in [0, 0.05) is 62.4 Å². The summed E-state index contributed by atoms with van der Waals surface area (Å²) in [6.07, 6.45) is 5.69. The molecule has 158 valence electrons. The number of nitrogens with one attached hydrogen (secondary N) is 1. The van der Waals surface area contributed by atoms with Gasteiger partial charge in [0.05, 0.1) is 13.2 Å². The molecule has 2 saturated heterocycles. The van der Waals surface area contributed by atoms with Gasteiger partial charge < -0.3 is 24.6 Å². The molecule has 1 spiro atoms. The second kappa shape index (κ2) is 7.71. The van der Waals surface area contributed by atoms with Crippen LogP contribution in [-0.2, 0) is 4.74 Å². The molecule has 1 aromatic carbocycles. The minimum atomic E-state index is 0.389. The molecule has 0 aromatic heterocycles. The molecule has 2 aliphatic carbocycles. The van der Waals surface area contributed by atoms with Crippen LogP contribution < -0.4 is 15.0 Å². The predicted octanol–water partition coefficient (Wildman–Crippen LogP) is 2.74. The van der Waals surface area contributed by atoms with E-state index >= 15 is 0 Å². The molecular weight excluding hydrogens is 364 g/mol. The Morgan fingerprint density at radius 1 is 1.21 bits per heavy atom. The van der Waals surface area contributed by atoms with Gasteiger partial charge in [0.1, 0.15) is 5.75 Å². The maximum Gasteiger partial charge on any atom is 0.194 e. The van der Waals surface area contributed by atoms with E-state index in [4.69, 9.17) is 14.5 Å². The average molecular weight is 399 g/mol. The molecule has 29 heavy (non-hydrogen) atoms. The zero-order valence-corrected chi connectivity index (χ0v) is 17.8. The third kappa shape index (κ3) is 3.16.